The predicted octanol–water partition coefficient (Wildman–Crippen LogP) is -0.759. The van der Waals surface area contributed by atoms with E-state index in [2.05, 4.69) is 4.74 Å². The first-order valence-electron chi connectivity index (χ1n) is 4.61. The van der Waals surface area contributed by atoms with Crippen LogP contribution in [0, 0.1) is 0 Å². The van der Waals surface area contributed by atoms with Crippen LogP contribution in [0.2, 0.25) is 0 Å². The summed E-state index contributed by atoms with van der Waals surface area (Å²) in [5, 5.41) is 9.62. The number of ether oxygens (including phenoxy) is 3. The maximum Gasteiger partial charge on any atom is 0.303 e. The molecule has 1 rings (SSSR count). The molecule has 0 saturated carbocycles. The molecular weight excluding hydrogens is 204 g/mol. The molecule has 15 heavy (non-hydrogen) atoms. The minimum atomic E-state index is -0.951. The third-order valence-electron chi connectivity index (χ3n) is 2.00. The molecule has 6 nitrogen and oxygen atoms in total. The van der Waals surface area contributed by atoms with Crippen molar-refractivity contribution in [2.75, 3.05) is 13.2 Å². The smallest absolute Gasteiger partial charge is 0.303 e. The first-order valence-corrected chi connectivity index (χ1v) is 4.61. The normalized spacial score (nSPS) is 29.9. The van der Waals surface area contributed by atoms with E-state index in [9.17, 15) is 14.7 Å². The van der Waals surface area contributed by atoms with Gasteiger partial charge in [0, 0.05) is 13.8 Å². The van der Waals surface area contributed by atoms with Crippen molar-refractivity contribution in [3.63, 3.8) is 0 Å². The van der Waals surface area contributed by atoms with E-state index in [0.717, 1.165) is 0 Å². The Morgan fingerprint density at radius 1 is 1.40 bits per heavy atom. The lowest BCUT2D eigenvalue weighted by Gasteiger charge is -2.16. The maximum atomic E-state index is 10.6. The van der Waals surface area contributed by atoms with Crippen LogP contribution in [0.1, 0.15) is 13.8 Å². The highest BCUT2D eigenvalue weighted by atomic mass is 16.6. The third-order valence-corrected chi connectivity index (χ3v) is 2.00. The van der Waals surface area contributed by atoms with Crippen LogP contribution in [0.3, 0.4) is 0 Å². The van der Waals surface area contributed by atoms with Gasteiger partial charge in [-0.15, -0.1) is 0 Å². The number of carbonyl (C=O) groups excluding carboxylic acids is 2. The zero-order valence-corrected chi connectivity index (χ0v) is 8.63. The zero-order chi connectivity index (χ0) is 11.4. The second-order valence-corrected chi connectivity index (χ2v) is 3.31. The average Bonchev–Trinajstić information content (AvgIpc) is 2.44. The number of carbonyl (C=O) groups is 2. The Morgan fingerprint density at radius 2 is 2.07 bits per heavy atom. The molecule has 1 aliphatic rings. The van der Waals surface area contributed by atoms with Crippen LogP contribution >= 0.6 is 0 Å². The lowest BCUT2D eigenvalue weighted by Crippen LogP contribution is -2.35. The van der Waals surface area contributed by atoms with Gasteiger partial charge in [0.2, 0.25) is 0 Å². The fourth-order valence-electron chi connectivity index (χ4n) is 1.32. The molecule has 1 fully saturated rings. The lowest BCUT2D eigenvalue weighted by molar-refractivity contribution is -0.151. The summed E-state index contributed by atoms with van der Waals surface area (Å²) in [5.41, 5.74) is 0. The molecule has 0 spiro atoms. The molecule has 0 amide bonds. The van der Waals surface area contributed by atoms with Gasteiger partial charge in [-0.2, -0.15) is 0 Å². The van der Waals surface area contributed by atoms with Crippen molar-refractivity contribution < 1.29 is 28.9 Å². The topological polar surface area (TPSA) is 82.1 Å². The molecule has 1 N–H and O–H groups in total. The highest BCUT2D eigenvalue weighted by Gasteiger charge is 2.38. The minimum Gasteiger partial charge on any atom is -0.463 e. The van der Waals surface area contributed by atoms with Crippen molar-refractivity contribution in [1.29, 1.82) is 0 Å². The van der Waals surface area contributed by atoms with E-state index in [1.54, 1.807) is 0 Å². The first-order chi connectivity index (χ1) is 7.00. The Labute approximate surface area is 87.1 Å². The SMILES string of the molecule is CC(=O)OC[C@H]1OC[C@H](OC(C)=O)[C@@H]1O. The lowest BCUT2D eigenvalue weighted by atomic mass is 10.1. The van der Waals surface area contributed by atoms with Crippen LogP contribution in [-0.2, 0) is 23.8 Å². The van der Waals surface area contributed by atoms with Gasteiger partial charge in [-0.1, -0.05) is 0 Å². The van der Waals surface area contributed by atoms with Gasteiger partial charge in [0.25, 0.3) is 0 Å². The average molecular weight is 218 g/mol. The van der Waals surface area contributed by atoms with E-state index in [4.69, 9.17) is 9.47 Å². The quantitative estimate of drug-likeness (QED) is 0.627. The fourth-order valence-corrected chi connectivity index (χ4v) is 1.32. The second-order valence-electron chi connectivity index (χ2n) is 3.31. The van der Waals surface area contributed by atoms with E-state index < -0.39 is 30.3 Å². The number of aliphatic hydroxyl groups is 1. The van der Waals surface area contributed by atoms with Crippen LogP contribution in [0.5, 0.6) is 0 Å². The molecule has 1 heterocycles. The summed E-state index contributed by atoms with van der Waals surface area (Å²) in [7, 11) is 0. The molecule has 0 radical (unpaired) electrons. The predicted molar refractivity (Wildman–Crippen MR) is 47.9 cm³/mol. The van der Waals surface area contributed by atoms with Gasteiger partial charge < -0.3 is 19.3 Å². The summed E-state index contributed by atoms with van der Waals surface area (Å²) < 4.78 is 14.6. The Morgan fingerprint density at radius 3 is 2.60 bits per heavy atom. The van der Waals surface area contributed by atoms with Gasteiger partial charge in [0.05, 0.1) is 6.61 Å². The second kappa shape index (κ2) is 5.09. The summed E-state index contributed by atoms with van der Waals surface area (Å²) in [4.78, 5) is 21.2. The number of esters is 2. The van der Waals surface area contributed by atoms with Crippen molar-refractivity contribution in [2.45, 2.75) is 32.2 Å². The summed E-state index contributed by atoms with van der Waals surface area (Å²) >= 11 is 0. The molecule has 1 saturated heterocycles. The van der Waals surface area contributed by atoms with Crippen molar-refractivity contribution in [1.82, 2.24) is 0 Å². The highest BCUT2D eigenvalue weighted by Crippen LogP contribution is 2.17. The van der Waals surface area contributed by atoms with E-state index in [1.165, 1.54) is 13.8 Å². The van der Waals surface area contributed by atoms with Gasteiger partial charge in [-0.3, -0.25) is 9.59 Å². The fraction of sp³-hybridized carbons (Fsp3) is 0.778. The van der Waals surface area contributed by atoms with Crippen molar-refractivity contribution >= 4 is 11.9 Å². The molecule has 0 bridgehead atoms. The van der Waals surface area contributed by atoms with E-state index in [-0.39, 0.29) is 13.2 Å². The molecular formula is C9H14O6. The molecule has 0 aliphatic carbocycles. The van der Waals surface area contributed by atoms with Crippen LogP contribution in [0.25, 0.3) is 0 Å². The number of hydrogen-bond acceptors (Lipinski definition) is 6. The van der Waals surface area contributed by atoms with Crippen molar-refractivity contribution in [2.24, 2.45) is 0 Å². The maximum absolute atomic E-state index is 10.6. The summed E-state index contributed by atoms with van der Waals surface area (Å²) in [6.45, 7) is 2.61. The van der Waals surface area contributed by atoms with E-state index in [0.29, 0.717) is 0 Å². The zero-order valence-electron chi connectivity index (χ0n) is 8.63. The van der Waals surface area contributed by atoms with Gasteiger partial charge >= 0.3 is 11.9 Å². The van der Waals surface area contributed by atoms with Crippen molar-refractivity contribution in [3.05, 3.63) is 0 Å². The van der Waals surface area contributed by atoms with Crippen LogP contribution in [0.4, 0.5) is 0 Å². The molecule has 6 heteroatoms. The molecule has 1 aliphatic heterocycles. The number of rotatable bonds is 3. The summed E-state index contributed by atoms with van der Waals surface area (Å²) in [6.07, 6.45) is -2.26. The Balaban J connectivity index is 2.38. The van der Waals surface area contributed by atoms with Crippen molar-refractivity contribution in [3.8, 4) is 0 Å². The van der Waals surface area contributed by atoms with E-state index in [1.807, 2.05) is 0 Å². The van der Waals surface area contributed by atoms with Crippen LogP contribution in [0.15, 0.2) is 0 Å². The number of aliphatic hydroxyl groups excluding tert-OH is 1. The first kappa shape index (κ1) is 11.9. The standard InChI is InChI=1S/C9H14O6/c1-5(10)13-3-7-9(12)8(4-14-7)15-6(2)11/h7-9,12H,3-4H2,1-2H3/t7-,8+,9-/m1/s1. The van der Waals surface area contributed by atoms with Crippen LogP contribution in [-0.4, -0.2) is 48.6 Å². The molecule has 0 aromatic rings. The Bertz CT molecular complexity index is 251. The van der Waals surface area contributed by atoms with Crippen LogP contribution < -0.4 is 0 Å². The van der Waals surface area contributed by atoms with Gasteiger partial charge in [-0.05, 0) is 0 Å². The van der Waals surface area contributed by atoms with Gasteiger partial charge in [-0.25, -0.2) is 0 Å². The summed E-state index contributed by atoms with van der Waals surface area (Å²) in [6, 6.07) is 0. The largest absolute Gasteiger partial charge is 0.463 e. The van der Waals surface area contributed by atoms with E-state index >= 15 is 0 Å². The third kappa shape index (κ3) is 3.49. The molecule has 0 aromatic carbocycles. The highest BCUT2D eigenvalue weighted by molar-refractivity contribution is 5.66. The molecule has 3 atom stereocenters. The molecule has 0 unspecified atom stereocenters. The minimum absolute atomic E-state index is 0.0335. The molecule has 86 valence electrons. The monoisotopic (exact) mass is 218 g/mol. The molecule has 0 aromatic heterocycles. The Kier molecular flexibility index (Phi) is 4.05. The van der Waals surface area contributed by atoms with Gasteiger partial charge in [0.1, 0.15) is 18.8 Å². The summed E-state index contributed by atoms with van der Waals surface area (Å²) in [5.74, 6) is -0.919. The van der Waals surface area contributed by atoms with Gasteiger partial charge in [0.15, 0.2) is 6.10 Å². The number of hydrogen-bond donors (Lipinski definition) is 1. The Hall–Kier alpha value is -1.14.